The minimum absolute atomic E-state index is 0.625. The van der Waals surface area contributed by atoms with Crippen molar-refractivity contribution in [2.24, 2.45) is 0 Å². The van der Waals surface area contributed by atoms with Crippen LogP contribution in [0.3, 0.4) is 0 Å². The largest absolute Gasteiger partial charge is 0.646 e. The molecule has 0 radical (unpaired) electrons. The van der Waals surface area contributed by atoms with Gasteiger partial charge >= 0.3 is 0 Å². The summed E-state index contributed by atoms with van der Waals surface area (Å²) in [5.41, 5.74) is 0. The molecule has 0 saturated carbocycles. The summed E-state index contributed by atoms with van der Waals surface area (Å²) in [5, 5.41) is 13.8. The number of nitrogens with zero attached hydrogens (tertiary/aromatic N) is 4. The summed E-state index contributed by atoms with van der Waals surface area (Å²) in [5.74, 6) is 0.625. The van der Waals surface area contributed by atoms with Gasteiger partial charge in [-0.3, -0.25) is 0 Å². The molecule has 0 aliphatic carbocycles. The summed E-state index contributed by atoms with van der Waals surface area (Å²) in [4.78, 5) is 1.76. The zero-order chi connectivity index (χ0) is 11.9. The number of hydrogen-bond acceptors (Lipinski definition) is 4. The quantitative estimate of drug-likeness (QED) is 0.586. The van der Waals surface area contributed by atoms with Crippen molar-refractivity contribution in [3.63, 3.8) is 0 Å². The van der Waals surface area contributed by atoms with Gasteiger partial charge in [-0.15, -0.1) is 6.54 Å². The summed E-state index contributed by atoms with van der Waals surface area (Å²) >= 11 is 0. The van der Waals surface area contributed by atoms with Crippen molar-refractivity contribution in [1.82, 2.24) is 10.6 Å². The van der Waals surface area contributed by atoms with Gasteiger partial charge in [-0.25, -0.2) is 0 Å². The van der Waals surface area contributed by atoms with Crippen LogP contribution in [0.25, 0.3) is 5.32 Å². The second-order valence-electron chi connectivity index (χ2n) is 4.25. The maximum Gasteiger partial charge on any atom is 0.257 e. The Bertz CT molecular complexity index is 321. The fourth-order valence-corrected chi connectivity index (χ4v) is 1.84. The van der Waals surface area contributed by atoms with E-state index >= 15 is 0 Å². The molecule has 1 aliphatic rings. The van der Waals surface area contributed by atoms with Crippen LogP contribution in [0, 0.1) is 0 Å². The molecule has 2 heterocycles. The van der Waals surface area contributed by atoms with Gasteiger partial charge in [0.15, 0.2) is 0 Å². The van der Waals surface area contributed by atoms with Crippen LogP contribution in [0.1, 0.15) is 26.2 Å². The van der Waals surface area contributed by atoms with Crippen LogP contribution in [-0.4, -0.2) is 38.0 Å². The molecular weight excluding hydrogens is 218 g/mol. The first-order valence-electron chi connectivity index (χ1n) is 6.42. The van der Waals surface area contributed by atoms with Crippen molar-refractivity contribution in [2.45, 2.75) is 26.2 Å². The van der Waals surface area contributed by atoms with E-state index in [1.807, 2.05) is 6.20 Å². The third kappa shape index (κ3) is 3.59. The highest BCUT2D eigenvalue weighted by Crippen LogP contribution is 2.14. The van der Waals surface area contributed by atoms with E-state index < -0.39 is 0 Å². The molecule has 1 aromatic rings. The SMILES string of the molecule is CCCCC[N-]c1c[n+](N2CCNCC2)no1. The van der Waals surface area contributed by atoms with Crippen molar-refractivity contribution >= 4 is 5.88 Å². The van der Waals surface area contributed by atoms with E-state index in [0.717, 1.165) is 39.1 Å². The van der Waals surface area contributed by atoms with Gasteiger partial charge in [0, 0.05) is 13.1 Å². The average molecular weight is 239 g/mol. The lowest BCUT2D eigenvalue weighted by molar-refractivity contribution is -0.758. The van der Waals surface area contributed by atoms with Crippen LogP contribution in [0.15, 0.2) is 10.7 Å². The van der Waals surface area contributed by atoms with Gasteiger partial charge in [-0.05, 0) is 0 Å². The fourth-order valence-electron chi connectivity index (χ4n) is 1.84. The Morgan fingerprint density at radius 2 is 2.29 bits per heavy atom. The Kier molecular flexibility index (Phi) is 4.61. The molecule has 6 nitrogen and oxygen atoms in total. The first-order chi connectivity index (χ1) is 8.40. The normalized spacial score (nSPS) is 16.2. The molecule has 0 amide bonds. The van der Waals surface area contributed by atoms with Crippen molar-refractivity contribution in [1.29, 1.82) is 0 Å². The first-order valence-corrected chi connectivity index (χ1v) is 6.42. The van der Waals surface area contributed by atoms with E-state index in [-0.39, 0.29) is 0 Å². The first kappa shape index (κ1) is 12.2. The van der Waals surface area contributed by atoms with Gasteiger partial charge in [-0.2, -0.15) is 5.01 Å². The molecule has 1 N–H and O–H groups in total. The van der Waals surface area contributed by atoms with Gasteiger partial charge < -0.3 is 15.2 Å². The Labute approximate surface area is 102 Å². The Hall–Kier alpha value is -1.30. The molecule has 6 heteroatoms. The molecule has 2 rings (SSSR count). The summed E-state index contributed by atoms with van der Waals surface area (Å²) in [6, 6.07) is 0. The summed E-state index contributed by atoms with van der Waals surface area (Å²) in [6.45, 7) is 6.89. The molecule has 96 valence electrons. The molecule has 0 unspecified atom stereocenters. The van der Waals surface area contributed by atoms with Crippen molar-refractivity contribution in [2.75, 3.05) is 37.7 Å². The highest BCUT2D eigenvalue weighted by atomic mass is 16.5. The standard InChI is InChI=1S/C11H21N5O/c1-2-3-4-5-13-11-10-16(14-17-11)15-8-6-12-7-9-15/h10,12H,2-9H2,1H3. The number of rotatable bonds is 6. The molecular formula is C11H21N5O. The van der Waals surface area contributed by atoms with E-state index in [1.165, 1.54) is 12.8 Å². The second-order valence-corrected chi connectivity index (χ2v) is 4.25. The summed E-state index contributed by atoms with van der Waals surface area (Å²) < 4.78 is 5.18. The number of nitrogens with one attached hydrogen (secondary N) is 1. The molecule has 0 aromatic carbocycles. The van der Waals surface area contributed by atoms with Crippen molar-refractivity contribution in [3.8, 4) is 0 Å². The van der Waals surface area contributed by atoms with Crippen LogP contribution >= 0.6 is 0 Å². The summed E-state index contributed by atoms with van der Waals surface area (Å²) in [7, 11) is 0. The smallest absolute Gasteiger partial charge is 0.257 e. The van der Waals surface area contributed by atoms with E-state index in [9.17, 15) is 0 Å². The lowest BCUT2D eigenvalue weighted by Crippen LogP contribution is -2.64. The lowest BCUT2D eigenvalue weighted by Gasteiger charge is -2.19. The number of aromatic nitrogens is 2. The third-order valence-corrected chi connectivity index (χ3v) is 2.86. The maximum atomic E-state index is 5.18. The Morgan fingerprint density at radius 1 is 1.47 bits per heavy atom. The predicted octanol–water partition coefficient (Wildman–Crippen LogP) is 0.699. The monoisotopic (exact) mass is 239 g/mol. The van der Waals surface area contributed by atoms with Gasteiger partial charge in [0.2, 0.25) is 5.27 Å². The average Bonchev–Trinajstić information content (AvgIpc) is 2.85. The van der Waals surface area contributed by atoms with Gasteiger partial charge in [0.1, 0.15) is 5.88 Å². The minimum Gasteiger partial charge on any atom is -0.646 e. The Balaban J connectivity index is 1.78. The molecule has 1 saturated heterocycles. The van der Waals surface area contributed by atoms with Crippen molar-refractivity contribution in [3.05, 3.63) is 11.5 Å². The van der Waals surface area contributed by atoms with E-state index in [0.29, 0.717) is 5.88 Å². The predicted molar refractivity (Wildman–Crippen MR) is 64.9 cm³/mol. The maximum absolute atomic E-state index is 5.18. The van der Waals surface area contributed by atoms with Gasteiger partial charge in [-0.1, -0.05) is 26.2 Å². The minimum atomic E-state index is 0.625. The molecule has 1 fully saturated rings. The van der Waals surface area contributed by atoms with Crippen LogP contribution in [0.2, 0.25) is 0 Å². The molecule has 17 heavy (non-hydrogen) atoms. The van der Waals surface area contributed by atoms with E-state index in [2.05, 4.69) is 27.8 Å². The molecule has 1 aliphatic heterocycles. The summed E-state index contributed by atoms with van der Waals surface area (Å²) in [6.07, 6.45) is 5.41. The third-order valence-electron chi connectivity index (χ3n) is 2.86. The van der Waals surface area contributed by atoms with Crippen LogP contribution < -0.4 is 15.1 Å². The lowest BCUT2D eigenvalue weighted by atomic mass is 10.2. The molecule has 0 bridgehead atoms. The van der Waals surface area contributed by atoms with E-state index in [1.54, 1.807) is 4.79 Å². The number of piperazine rings is 1. The van der Waals surface area contributed by atoms with Crippen LogP contribution in [-0.2, 0) is 0 Å². The highest BCUT2D eigenvalue weighted by Gasteiger charge is 2.19. The molecule has 1 aromatic heterocycles. The van der Waals surface area contributed by atoms with Crippen molar-refractivity contribution < 1.29 is 9.31 Å². The molecule has 0 atom stereocenters. The molecule has 0 spiro atoms. The van der Waals surface area contributed by atoms with Crippen LogP contribution in [0.4, 0.5) is 5.88 Å². The topological polar surface area (TPSA) is 59.3 Å². The Morgan fingerprint density at radius 3 is 3.06 bits per heavy atom. The van der Waals surface area contributed by atoms with Crippen LogP contribution in [0.5, 0.6) is 0 Å². The highest BCUT2D eigenvalue weighted by molar-refractivity contribution is 5.30. The van der Waals surface area contributed by atoms with Gasteiger partial charge in [0.05, 0.1) is 17.9 Å². The second kappa shape index (κ2) is 6.44. The number of hydrogen-bond donors (Lipinski definition) is 1. The zero-order valence-corrected chi connectivity index (χ0v) is 10.4. The number of unbranched alkanes of at least 4 members (excludes halogenated alkanes) is 2. The fraction of sp³-hybridized carbons (Fsp3) is 0.818. The van der Waals surface area contributed by atoms with Gasteiger partial charge in [0.25, 0.3) is 6.20 Å². The van der Waals surface area contributed by atoms with E-state index in [4.69, 9.17) is 4.52 Å². The zero-order valence-electron chi connectivity index (χ0n) is 10.4.